The molecular weight excluding hydrogens is 346 g/mol. The fourth-order valence-electron chi connectivity index (χ4n) is 3.58. The maximum Gasteiger partial charge on any atom is 0.331 e. The van der Waals surface area contributed by atoms with E-state index in [-0.39, 0.29) is 17.5 Å². The zero-order chi connectivity index (χ0) is 19.4. The van der Waals surface area contributed by atoms with Crippen LogP contribution in [0, 0.1) is 0 Å². The molecule has 0 spiro atoms. The van der Waals surface area contributed by atoms with Crippen LogP contribution in [0.2, 0.25) is 0 Å². The maximum atomic E-state index is 12.3. The number of H-pyrrole nitrogens is 1. The van der Waals surface area contributed by atoms with Crippen LogP contribution in [0.5, 0.6) is 11.6 Å². The Kier molecular flexibility index (Phi) is 5.78. The normalized spacial score (nSPS) is 15.7. The number of aromatic nitrogens is 2. The molecule has 1 fully saturated rings. The highest BCUT2D eigenvalue weighted by Crippen LogP contribution is 2.30. The quantitative estimate of drug-likeness (QED) is 0.788. The number of aliphatic imine (C=N–C) groups is 1. The van der Waals surface area contributed by atoms with Crippen molar-refractivity contribution in [2.24, 2.45) is 4.99 Å². The van der Waals surface area contributed by atoms with E-state index in [1.165, 1.54) is 4.57 Å². The van der Waals surface area contributed by atoms with Gasteiger partial charge in [0, 0.05) is 6.04 Å². The van der Waals surface area contributed by atoms with Gasteiger partial charge >= 0.3 is 5.69 Å². The Bertz CT molecular complexity index is 935. The van der Waals surface area contributed by atoms with Crippen molar-refractivity contribution in [1.82, 2.24) is 9.55 Å². The van der Waals surface area contributed by atoms with Gasteiger partial charge in [-0.25, -0.2) is 4.79 Å². The van der Waals surface area contributed by atoms with Crippen LogP contribution in [-0.4, -0.2) is 27.0 Å². The van der Waals surface area contributed by atoms with Crippen molar-refractivity contribution < 1.29 is 9.84 Å². The fraction of sp³-hybridized carbons (Fsp3) is 0.450. The number of aromatic amines is 1. The smallest absolute Gasteiger partial charge is 0.331 e. The summed E-state index contributed by atoms with van der Waals surface area (Å²) in [6.07, 6.45) is 4.76. The van der Waals surface area contributed by atoms with Gasteiger partial charge < -0.3 is 9.84 Å². The molecule has 1 aliphatic carbocycles. The van der Waals surface area contributed by atoms with E-state index in [4.69, 9.17) is 4.74 Å². The molecule has 0 saturated heterocycles. The van der Waals surface area contributed by atoms with Gasteiger partial charge in [0.2, 0.25) is 5.88 Å². The highest BCUT2D eigenvalue weighted by molar-refractivity contribution is 6.01. The Morgan fingerprint density at radius 1 is 1.22 bits per heavy atom. The predicted octanol–water partition coefficient (Wildman–Crippen LogP) is 3.29. The summed E-state index contributed by atoms with van der Waals surface area (Å²) in [4.78, 5) is 31.4. The van der Waals surface area contributed by atoms with Crippen molar-refractivity contribution >= 4 is 11.4 Å². The number of nitrogens with one attached hydrogen (secondary N) is 1. The van der Waals surface area contributed by atoms with Gasteiger partial charge in [0.05, 0.1) is 18.0 Å². The summed E-state index contributed by atoms with van der Waals surface area (Å²) < 4.78 is 6.72. The summed E-state index contributed by atoms with van der Waals surface area (Å²) in [6.45, 7) is 4.14. The van der Waals surface area contributed by atoms with Crippen molar-refractivity contribution in [3.05, 3.63) is 50.7 Å². The lowest BCUT2D eigenvalue weighted by atomic mass is 9.95. The molecule has 7 heteroatoms. The molecule has 1 saturated carbocycles. The molecule has 7 nitrogen and oxygen atoms in total. The van der Waals surface area contributed by atoms with Crippen molar-refractivity contribution in [2.75, 3.05) is 6.61 Å². The van der Waals surface area contributed by atoms with Gasteiger partial charge in [0.1, 0.15) is 11.3 Å². The molecule has 0 amide bonds. The van der Waals surface area contributed by atoms with E-state index in [1.807, 2.05) is 6.92 Å². The second kappa shape index (κ2) is 8.24. The van der Waals surface area contributed by atoms with E-state index >= 15 is 0 Å². The molecule has 0 unspecified atom stereocenters. The van der Waals surface area contributed by atoms with E-state index < -0.39 is 11.2 Å². The molecule has 3 rings (SSSR count). The van der Waals surface area contributed by atoms with Gasteiger partial charge in [-0.3, -0.25) is 19.3 Å². The highest BCUT2D eigenvalue weighted by Gasteiger charge is 2.24. The van der Waals surface area contributed by atoms with Gasteiger partial charge in [-0.1, -0.05) is 19.3 Å². The monoisotopic (exact) mass is 371 g/mol. The van der Waals surface area contributed by atoms with Crippen molar-refractivity contribution in [2.45, 2.75) is 52.0 Å². The third kappa shape index (κ3) is 4.13. The first-order valence-electron chi connectivity index (χ1n) is 9.37. The molecule has 1 aromatic heterocycles. The Labute approximate surface area is 157 Å². The summed E-state index contributed by atoms with van der Waals surface area (Å²) in [5.41, 5.74) is -0.180. The third-order valence-electron chi connectivity index (χ3n) is 4.86. The number of rotatable bonds is 5. The number of benzene rings is 1. The van der Waals surface area contributed by atoms with Gasteiger partial charge in [0.15, 0.2) is 0 Å². The second-order valence-electron chi connectivity index (χ2n) is 6.74. The van der Waals surface area contributed by atoms with E-state index in [0.29, 0.717) is 18.0 Å². The number of hydrogen-bond acceptors (Lipinski definition) is 5. The van der Waals surface area contributed by atoms with E-state index in [9.17, 15) is 14.7 Å². The fourth-order valence-corrected chi connectivity index (χ4v) is 3.58. The third-order valence-corrected chi connectivity index (χ3v) is 4.86. The molecule has 0 aliphatic heterocycles. The molecule has 1 aromatic carbocycles. The van der Waals surface area contributed by atoms with Crippen LogP contribution < -0.4 is 16.0 Å². The molecule has 1 heterocycles. The lowest BCUT2D eigenvalue weighted by molar-refractivity contribution is 0.298. The molecule has 27 heavy (non-hydrogen) atoms. The first-order chi connectivity index (χ1) is 13.0. The lowest BCUT2D eigenvalue weighted by Crippen LogP contribution is -2.36. The summed E-state index contributed by atoms with van der Waals surface area (Å²) in [6, 6.07) is 7.04. The molecule has 1 aliphatic rings. The number of nitrogens with zero attached hydrogens (tertiary/aromatic N) is 2. The van der Waals surface area contributed by atoms with Crippen LogP contribution in [-0.2, 0) is 0 Å². The summed E-state index contributed by atoms with van der Waals surface area (Å²) in [5, 5.41) is 10.7. The standard InChI is InChI=1S/C20H25N3O4/c1-3-27-16-11-9-14(10-12-16)21-13(2)17-18(24)22-20(26)23(19(17)25)15-7-5-4-6-8-15/h9-12,15,25H,3-8H2,1-2H3,(H,22,24,26). The number of ether oxygens (including phenoxy) is 1. The predicted molar refractivity (Wildman–Crippen MR) is 105 cm³/mol. The number of hydrogen-bond donors (Lipinski definition) is 2. The minimum Gasteiger partial charge on any atom is -0.494 e. The van der Waals surface area contributed by atoms with Crippen LogP contribution in [0.1, 0.15) is 57.6 Å². The van der Waals surface area contributed by atoms with E-state index in [2.05, 4.69) is 9.98 Å². The van der Waals surface area contributed by atoms with Gasteiger partial charge in [-0.05, 0) is 51.0 Å². The molecule has 2 N–H and O–H groups in total. The molecule has 0 radical (unpaired) electrons. The Hall–Kier alpha value is -2.83. The van der Waals surface area contributed by atoms with Gasteiger partial charge in [0.25, 0.3) is 5.56 Å². The summed E-state index contributed by atoms with van der Waals surface area (Å²) in [5.74, 6) is 0.434. The molecule has 0 atom stereocenters. The Balaban J connectivity index is 1.99. The maximum absolute atomic E-state index is 12.3. The van der Waals surface area contributed by atoms with Crippen molar-refractivity contribution in [1.29, 1.82) is 0 Å². The van der Waals surface area contributed by atoms with Crippen LogP contribution in [0.25, 0.3) is 0 Å². The van der Waals surface area contributed by atoms with E-state index in [1.54, 1.807) is 31.2 Å². The molecule has 0 bridgehead atoms. The van der Waals surface area contributed by atoms with Crippen LogP contribution in [0.3, 0.4) is 0 Å². The van der Waals surface area contributed by atoms with Crippen molar-refractivity contribution in [3.63, 3.8) is 0 Å². The topological polar surface area (TPSA) is 96.7 Å². The second-order valence-corrected chi connectivity index (χ2v) is 6.74. The molecule has 144 valence electrons. The van der Waals surface area contributed by atoms with Crippen LogP contribution >= 0.6 is 0 Å². The van der Waals surface area contributed by atoms with Crippen molar-refractivity contribution in [3.8, 4) is 11.6 Å². The van der Waals surface area contributed by atoms with Gasteiger partial charge in [-0.15, -0.1) is 0 Å². The molecular formula is C20H25N3O4. The summed E-state index contributed by atoms with van der Waals surface area (Å²) >= 11 is 0. The Morgan fingerprint density at radius 3 is 2.52 bits per heavy atom. The zero-order valence-electron chi connectivity index (χ0n) is 15.7. The Morgan fingerprint density at radius 2 is 1.89 bits per heavy atom. The van der Waals surface area contributed by atoms with E-state index in [0.717, 1.165) is 37.9 Å². The van der Waals surface area contributed by atoms with Crippen LogP contribution in [0.15, 0.2) is 38.8 Å². The largest absolute Gasteiger partial charge is 0.494 e. The number of aromatic hydroxyl groups is 1. The highest BCUT2D eigenvalue weighted by atomic mass is 16.5. The first-order valence-corrected chi connectivity index (χ1v) is 9.37. The zero-order valence-corrected chi connectivity index (χ0v) is 15.7. The minimum absolute atomic E-state index is 0.0362. The van der Waals surface area contributed by atoms with Crippen LogP contribution in [0.4, 0.5) is 5.69 Å². The first kappa shape index (κ1) is 18.9. The molecule has 2 aromatic rings. The minimum atomic E-state index is -0.628. The lowest BCUT2D eigenvalue weighted by Gasteiger charge is -2.25. The SMILES string of the molecule is CCOc1ccc(N=C(C)c2c(O)n(C3CCCCC3)c(=O)[nH]c2=O)cc1. The average Bonchev–Trinajstić information content (AvgIpc) is 2.64. The average molecular weight is 371 g/mol. The van der Waals surface area contributed by atoms with Gasteiger partial charge in [-0.2, -0.15) is 0 Å². The summed E-state index contributed by atoms with van der Waals surface area (Å²) in [7, 11) is 0.